The average Bonchev–Trinajstić information content (AvgIpc) is 2.59. The maximum atomic E-state index is 12.9. The highest BCUT2D eigenvalue weighted by Crippen LogP contribution is 2.16. The molecule has 0 aliphatic rings. The molecule has 0 fully saturated rings. The van der Waals surface area contributed by atoms with Crippen molar-refractivity contribution < 1.29 is 4.39 Å². The molecule has 1 aromatic carbocycles. The predicted molar refractivity (Wildman–Crippen MR) is 93.7 cm³/mol. The summed E-state index contributed by atoms with van der Waals surface area (Å²) >= 11 is 0. The van der Waals surface area contributed by atoms with Crippen LogP contribution in [0.25, 0.3) is 11.4 Å². The molecule has 1 heterocycles. The zero-order valence-electron chi connectivity index (χ0n) is 14.1. The average molecular weight is 314 g/mol. The Morgan fingerprint density at radius 3 is 1.96 bits per heavy atom. The van der Waals surface area contributed by atoms with Crippen LogP contribution in [0.2, 0.25) is 0 Å². The number of aryl methyl sites for hydroxylation is 1. The molecule has 0 spiro atoms. The molecular formula is C20H27FN2. The predicted octanol–water partition coefficient (Wildman–Crippen LogP) is 5.97. The minimum Gasteiger partial charge on any atom is -0.236 e. The Kier molecular flexibility index (Phi) is 7.71. The highest BCUT2D eigenvalue weighted by atomic mass is 19.1. The van der Waals surface area contributed by atoms with Gasteiger partial charge in [0.15, 0.2) is 5.82 Å². The van der Waals surface area contributed by atoms with Crippen LogP contribution in [0.15, 0.2) is 36.7 Å². The Labute approximate surface area is 139 Å². The molecule has 2 rings (SSSR count). The molecule has 2 aromatic rings. The Balaban J connectivity index is 1.68. The Morgan fingerprint density at radius 2 is 1.35 bits per heavy atom. The van der Waals surface area contributed by atoms with Crippen molar-refractivity contribution in [2.75, 3.05) is 0 Å². The molecule has 0 amide bonds. The van der Waals surface area contributed by atoms with Crippen LogP contribution in [0.3, 0.4) is 0 Å². The molecule has 0 saturated carbocycles. The molecule has 0 aliphatic carbocycles. The summed E-state index contributed by atoms with van der Waals surface area (Å²) in [7, 11) is 0. The normalized spacial score (nSPS) is 10.9. The van der Waals surface area contributed by atoms with Gasteiger partial charge in [-0.05, 0) is 42.7 Å². The van der Waals surface area contributed by atoms with E-state index in [1.165, 1.54) is 69.1 Å². The van der Waals surface area contributed by atoms with Crippen molar-refractivity contribution in [2.24, 2.45) is 0 Å². The third kappa shape index (κ3) is 6.47. The number of rotatable bonds is 10. The van der Waals surface area contributed by atoms with Gasteiger partial charge < -0.3 is 0 Å². The lowest BCUT2D eigenvalue weighted by atomic mass is 10.1. The van der Waals surface area contributed by atoms with Gasteiger partial charge in [0.2, 0.25) is 0 Å². The van der Waals surface area contributed by atoms with E-state index >= 15 is 0 Å². The minimum atomic E-state index is -0.236. The second kappa shape index (κ2) is 10.1. The molecule has 2 nitrogen and oxygen atoms in total. The fourth-order valence-electron chi connectivity index (χ4n) is 2.69. The number of aromatic nitrogens is 2. The van der Waals surface area contributed by atoms with E-state index in [4.69, 9.17) is 0 Å². The van der Waals surface area contributed by atoms with Crippen molar-refractivity contribution in [3.8, 4) is 11.4 Å². The highest BCUT2D eigenvalue weighted by Gasteiger charge is 2.02. The van der Waals surface area contributed by atoms with Crippen molar-refractivity contribution in [1.29, 1.82) is 0 Å². The van der Waals surface area contributed by atoms with E-state index in [0.29, 0.717) is 5.82 Å². The van der Waals surface area contributed by atoms with Crippen LogP contribution >= 0.6 is 0 Å². The zero-order valence-corrected chi connectivity index (χ0v) is 14.1. The van der Waals surface area contributed by atoms with Gasteiger partial charge in [0.25, 0.3) is 0 Å². The largest absolute Gasteiger partial charge is 0.236 e. The summed E-state index contributed by atoms with van der Waals surface area (Å²) in [6.45, 7) is 2.25. The Hall–Kier alpha value is -1.77. The maximum Gasteiger partial charge on any atom is 0.159 e. The highest BCUT2D eigenvalue weighted by molar-refractivity contribution is 5.54. The van der Waals surface area contributed by atoms with Gasteiger partial charge in [-0.3, -0.25) is 0 Å². The molecule has 0 bridgehead atoms. The fraction of sp³-hybridized carbons (Fsp3) is 0.500. The quantitative estimate of drug-likeness (QED) is 0.505. The van der Waals surface area contributed by atoms with Gasteiger partial charge in [0, 0.05) is 18.0 Å². The second-order valence-corrected chi connectivity index (χ2v) is 6.15. The standard InChI is InChI=1S/C20H27FN2/c1-2-3-4-5-6-7-8-9-10-17-15-22-20(23-16-17)18-11-13-19(21)14-12-18/h11-16H,2-10H2,1H3. The van der Waals surface area contributed by atoms with Crippen LogP contribution in [0, 0.1) is 5.82 Å². The molecule has 0 N–H and O–H groups in total. The Morgan fingerprint density at radius 1 is 0.783 bits per heavy atom. The van der Waals surface area contributed by atoms with Crippen molar-refractivity contribution in [3.63, 3.8) is 0 Å². The molecule has 0 radical (unpaired) electrons. The number of hydrogen-bond donors (Lipinski definition) is 0. The first kappa shape index (κ1) is 17.6. The van der Waals surface area contributed by atoms with E-state index in [9.17, 15) is 4.39 Å². The summed E-state index contributed by atoms with van der Waals surface area (Å²) in [5, 5.41) is 0. The fourth-order valence-corrected chi connectivity index (χ4v) is 2.69. The van der Waals surface area contributed by atoms with E-state index in [-0.39, 0.29) is 5.82 Å². The van der Waals surface area contributed by atoms with Gasteiger partial charge in [-0.25, -0.2) is 14.4 Å². The summed E-state index contributed by atoms with van der Waals surface area (Å²) < 4.78 is 12.9. The van der Waals surface area contributed by atoms with Gasteiger partial charge in [0.05, 0.1) is 0 Å². The molecule has 23 heavy (non-hydrogen) atoms. The van der Waals surface area contributed by atoms with Crippen molar-refractivity contribution in [3.05, 3.63) is 48.0 Å². The first-order valence-electron chi connectivity index (χ1n) is 8.86. The SMILES string of the molecule is CCCCCCCCCCc1cnc(-c2ccc(F)cc2)nc1. The number of benzene rings is 1. The summed E-state index contributed by atoms with van der Waals surface area (Å²) in [6, 6.07) is 6.30. The summed E-state index contributed by atoms with van der Waals surface area (Å²) in [5.74, 6) is 0.421. The lowest BCUT2D eigenvalue weighted by molar-refractivity contribution is 0.575. The lowest BCUT2D eigenvalue weighted by Gasteiger charge is -2.04. The van der Waals surface area contributed by atoms with Crippen LogP contribution in [-0.2, 0) is 6.42 Å². The van der Waals surface area contributed by atoms with Gasteiger partial charge in [-0.2, -0.15) is 0 Å². The molecule has 0 aliphatic heterocycles. The first-order valence-corrected chi connectivity index (χ1v) is 8.86. The van der Waals surface area contributed by atoms with Crippen molar-refractivity contribution >= 4 is 0 Å². The molecular weight excluding hydrogens is 287 g/mol. The third-order valence-electron chi connectivity index (χ3n) is 4.13. The number of hydrogen-bond acceptors (Lipinski definition) is 2. The minimum absolute atomic E-state index is 0.236. The Bertz CT molecular complexity index is 549. The molecule has 3 heteroatoms. The van der Waals surface area contributed by atoms with Crippen LogP contribution < -0.4 is 0 Å². The summed E-state index contributed by atoms with van der Waals surface area (Å²) in [4.78, 5) is 8.79. The third-order valence-corrected chi connectivity index (χ3v) is 4.13. The monoisotopic (exact) mass is 314 g/mol. The van der Waals surface area contributed by atoms with Crippen LogP contribution in [0.5, 0.6) is 0 Å². The second-order valence-electron chi connectivity index (χ2n) is 6.15. The molecule has 0 atom stereocenters. The van der Waals surface area contributed by atoms with E-state index in [2.05, 4.69) is 16.9 Å². The number of nitrogens with zero attached hydrogens (tertiary/aromatic N) is 2. The summed E-state index contributed by atoms with van der Waals surface area (Å²) in [6.07, 6.45) is 15.5. The first-order chi connectivity index (χ1) is 11.3. The number of unbranched alkanes of at least 4 members (excludes halogenated alkanes) is 7. The van der Waals surface area contributed by atoms with Crippen molar-refractivity contribution in [2.45, 2.75) is 64.7 Å². The van der Waals surface area contributed by atoms with Gasteiger partial charge >= 0.3 is 0 Å². The molecule has 0 saturated heterocycles. The van der Waals surface area contributed by atoms with Gasteiger partial charge in [0.1, 0.15) is 5.82 Å². The topological polar surface area (TPSA) is 25.8 Å². The molecule has 0 unspecified atom stereocenters. The molecule has 124 valence electrons. The zero-order chi connectivity index (χ0) is 16.3. The maximum absolute atomic E-state index is 12.9. The van der Waals surface area contributed by atoms with Crippen molar-refractivity contribution in [1.82, 2.24) is 9.97 Å². The van der Waals surface area contributed by atoms with Gasteiger partial charge in [-0.1, -0.05) is 51.9 Å². The van der Waals surface area contributed by atoms with E-state index in [1.54, 1.807) is 12.1 Å². The van der Waals surface area contributed by atoms with E-state index in [0.717, 1.165) is 12.0 Å². The van der Waals surface area contributed by atoms with Crippen LogP contribution in [0.1, 0.15) is 63.9 Å². The van der Waals surface area contributed by atoms with E-state index in [1.807, 2.05) is 12.4 Å². The lowest BCUT2D eigenvalue weighted by Crippen LogP contribution is -1.93. The van der Waals surface area contributed by atoms with Crippen LogP contribution in [0.4, 0.5) is 4.39 Å². The summed E-state index contributed by atoms with van der Waals surface area (Å²) in [5.41, 5.74) is 2.03. The molecule has 1 aromatic heterocycles. The van der Waals surface area contributed by atoms with Gasteiger partial charge in [-0.15, -0.1) is 0 Å². The van der Waals surface area contributed by atoms with Crippen LogP contribution in [-0.4, -0.2) is 9.97 Å². The van der Waals surface area contributed by atoms with E-state index < -0.39 is 0 Å². The number of halogens is 1. The smallest absolute Gasteiger partial charge is 0.159 e.